The Balaban J connectivity index is 1.80. The van der Waals surface area contributed by atoms with Gasteiger partial charge in [-0.2, -0.15) is 0 Å². The summed E-state index contributed by atoms with van der Waals surface area (Å²) in [6.45, 7) is 0. The molecule has 0 aliphatic heterocycles. The third-order valence-electron chi connectivity index (χ3n) is 2.82. The van der Waals surface area contributed by atoms with Crippen LogP contribution in [0, 0.1) is 5.92 Å². The lowest BCUT2D eigenvalue weighted by atomic mass is 10.1. The van der Waals surface area contributed by atoms with Crippen LogP contribution >= 0.6 is 27.3 Å². The SMILES string of the molecule is O=C(Nc1ncc(Br)s1)N[C@H]1CC[C@@H](C(=O)O)C1. The molecule has 1 aliphatic carbocycles. The van der Waals surface area contributed by atoms with E-state index in [1.807, 2.05) is 0 Å². The number of amides is 2. The molecule has 1 aliphatic rings. The van der Waals surface area contributed by atoms with Gasteiger partial charge in [0.2, 0.25) is 0 Å². The predicted octanol–water partition coefficient (Wildman–Crippen LogP) is 2.28. The number of hydrogen-bond acceptors (Lipinski definition) is 4. The van der Waals surface area contributed by atoms with E-state index in [-0.39, 0.29) is 18.0 Å². The lowest BCUT2D eigenvalue weighted by Crippen LogP contribution is -2.36. The van der Waals surface area contributed by atoms with Crippen LogP contribution in [0.1, 0.15) is 19.3 Å². The number of rotatable bonds is 3. The molecular weight excluding hydrogens is 322 g/mol. The Morgan fingerprint density at radius 3 is 2.83 bits per heavy atom. The molecule has 18 heavy (non-hydrogen) atoms. The maximum absolute atomic E-state index is 11.6. The lowest BCUT2D eigenvalue weighted by molar-refractivity contribution is -0.141. The number of carbonyl (C=O) groups is 2. The van der Waals surface area contributed by atoms with Crippen molar-refractivity contribution in [1.29, 1.82) is 0 Å². The molecule has 0 saturated heterocycles. The van der Waals surface area contributed by atoms with E-state index in [2.05, 4.69) is 31.5 Å². The normalized spacial score (nSPS) is 22.7. The largest absolute Gasteiger partial charge is 0.481 e. The van der Waals surface area contributed by atoms with Gasteiger partial charge in [0.05, 0.1) is 15.9 Å². The summed E-state index contributed by atoms with van der Waals surface area (Å²) in [5.41, 5.74) is 0. The van der Waals surface area contributed by atoms with E-state index in [4.69, 9.17) is 5.11 Å². The van der Waals surface area contributed by atoms with Crippen LogP contribution in [-0.2, 0) is 4.79 Å². The number of halogens is 1. The average Bonchev–Trinajstić information content (AvgIpc) is 2.88. The number of carbonyl (C=O) groups excluding carboxylic acids is 1. The summed E-state index contributed by atoms with van der Waals surface area (Å²) < 4.78 is 0.838. The van der Waals surface area contributed by atoms with Crippen molar-refractivity contribution in [3.8, 4) is 0 Å². The van der Waals surface area contributed by atoms with Gasteiger partial charge < -0.3 is 10.4 Å². The number of carboxylic acid groups (broad SMARTS) is 1. The summed E-state index contributed by atoms with van der Waals surface area (Å²) in [5, 5.41) is 14.7. The number of carboxylic acids is 1. The Hall–Kier alpha value is -1.15. The number of nitrogens with one attached hydrogen (secondary N) is 2. The molecule has 3 N–H and O–H groups in total. The maximum Gasteiger partial charge on any atom is 0.321 e. The van der Waals surface area contributed by atoms with Crippen LogP contribution in [0.2, 0.25) is 0 Å². The van der Waals surface area contributed by atoms with Crippen molar-refractivity contribution in [2.45, 2.75) is 25.3 Å². The molecule has 1 saturated carbocycles. The standard InChI is InChI=1S/C10H12BrN3O3S/c11-7-4-12-10(18-7)14-9(17)13-6-2-1-5(3-6)8(15)16/h4-6H,1-3H2,(H,15,16)(H2,12,13,14,17)/t5-,6+/m1/s1. The summed E-state index contributed by atoms with van der Waals surface area (Å²) in [7, 11) is 0. The molecule has 6 nitrogen and oxygen atoms in total. The monoisotopic (exact) mass is 333 g/mol. The van der Waals surface area contributed by atoms with E-state index in [1.165, 1.54) is 11.3 Å². The third-order valence-corrected chi connectivity index (χ3v) is 4.21. The zero-order valence-corrected chi connectivity index (χ0v) is 11.8. The number of aliphatic carboxylic acids is 1. The second-order valence-electron chi connectivity index (χ2n) is 4.11. The molecule has 0 aromatic carbocycles. The topological polar surface area (TPSA) is 91.3 Å². The van der Waals surface area contributed by atoms with Gasteiger partial charge in [-0.1, -0.05) is 11.3 Å². The molecule has 0 spiro atoms. The fraction of sp³-hybridized carbons (Fsp3) is 0.500. The predicted molar refractivity (Wildman–Crippen MR) is 70.7 cm³/mol. The molecule has 98 valence electrons. The van der Waals surface area contributed by atoms with E-state index >= 15 is 0 Å². The second kappa shape index (κ2) is 5.66. The first-order valence-electron chi connectivity index (χ1n) is 5.46. The zero-order valence-electron chi connectivity index (χ0n) is 9.35. The van der Waals surface area contributed by atoms with Crippen molar-refractivity contribution < 1.29 is 14.7 Å². The van der Waals surface area contributed by atoms with Gasteiger partial charge in [-0.15, -0.1) is 0 Å². The van der Waals surface area contributed by atoms with Crippen LogP contribution in [0.15, 0.2) is 9.98 Å². The van der Waals surface area contributed by atoms with Crippen molar-refractivity contribution in [2.75, 3.05) is 5.32 Å². The molecule has 0 unspecified atom stereocenters. The number of hydrogen-bond donors (Lipinski definition) is 3. The van der Waals surface area contributed by atoms with Gasteiger partial charge in [-0.3, -0.25) is 10.1 Å². The van der Waals surface area contributed by atoms with Crippen molar-refractivity contribution >= 4 is 44.4 Å². The van der Waals surface area contributed by atoms with Crippen LogP contribution < -0.4 is 10.6 Å². The van der Waals surface area contributed by atoms with E-state index in [1.54, 1.807) is 6.20 Å². The van der Waals surface area contributed by atoms with Gasteiger partial charge in [-0.25, -0.2) is 9.78 Å². The lowest BCUT2D eigenvalue weighted by Gasteiger charge is -2.12. The molecule has 1 heterocycles. The Morgan fingerprint density at radius 2 is 2.28 bits per heavy atom. The first-order chi connectivity index (χ1) is 8.54. The number of anilines is 1. The quantitative estimate of drug-likeness (QED) is 0.791. The molecule has 1 aromatic rings. The van der Waals surface area contributed by atoms with Crippen molar-refractivity contribution in [1.82, 2.24) is 10.3 Å². The van der Waals surface area contributed by atoms with Crippen LogP contribution in [0.3, 0.4) is 0 Å². The summed E-state index contributed by atoms with van der Waals surface area (Å²) in [6.07, 6.45) is 3.41. The number of aromatic nitrogens is 1. The fourth-order valence-corrected chi connectivity index (χ4v) is 3.07. The van der Waals surface area contributed by atoms with Crippen LogP contribution in [-0.4, -0.2) is 28.1 Å². The highest BCUT2D eigenvalue weighted by Crippen LogP contribution is 2.26. The fourth-order valence-electron chi connectivity index (χ4n) is 1.97. The number of nitrogens with zero attached hydrogens (tertiary/aromatic N) is 1. The molecule has 2 atom stereocenters. The molecule has 1 fully saturated rings. The molecule has 8 heteroatoms. The van der Waals surface area contributed by atoms with Gasteiger partial charge in [0.1, 0.15) is 0 Å². The Kier molecular flexibility index (Phi) is 4.18. The highest BCUT2D eigenvalue weighted by molar-refractivity contribution is 9.11. The van der Waals surface area contributed by atoms with Crippen molar-refractivity contribution in [3.63, 3.8) is 0 Å². The van der Waals surface area contributed by atoms with E-state index in [0.717, 1.165) is 3.79 Å². The minimum absolute atomic E-state index is 0.0745. The Bertz CT molecular complexity index is 465. The van der Waals surface area contributed by atoms with Crippen LogP contribution in [0.4, 0.5) is 9.93 Å². The number of thiazole rings is 1. The van der Waals surface area contributed by atoms with Crippen LogP contribution in [0.25, 0.3) is 0 Å². The summed E-state index contributed by atoms with van der Waals surface area (Å²) in [6, 6.07) is -0.414. The average molecular weight is 334 g/mol. The minimum Gasteiger partial charge on any atom is -0.481 e. The summed E-state index contributed by atoms with van der Waals surface area (Å²) in [4.78, 5) is 26.4. The summed E-state index contributed by atoms with van der Waals surface area (Å²) >= 11 is 4.57. The van der Waals surface area contributed by atoms with E-state index in [9.17, 15) is 9.59 Å². The summed E-state index contributed by atoms with van der Waals surface area (Å²) in [5.74, 6) is -1.13. The molecular formula is C10H12BrN3O3S. The van der Waals surface area contributed by atoms with Crippen molar-refractivity contribution in [2.24, 2.45) is 5.92 Å². The van der Waals surface area contributed by atoms with Gasteiger partial charge >= 0.3 is 12.0 Å². The van der Waals surface area contributed by atoms with E-state index < -0.39 is 5.97 Å². The Morgan fingerprint density at radius 1 is 1.50 bits per heavy atom. The number of urea groups is 1. The minimum atomic E-state index is -0.788. The molecule has 0 bridgehead atoms. The van der Waals surface area contributed by atoms with Crippen molar-refractivity contribution in [3.05, 3.63) is 9.98 Å². The highest BCUT2D eigenvalue weighted by atomic mass is 79.9. The molecule has 0 radical (unpaired) electrons. The molecule has 2 amide bonds. The van der Waals surface area contributed by atoms with Gasteiger partial charge in [0.15, 0.2) is 5.13 Å². The molecule has 2 rings (SSSR count). The maximum atomic E-state index is 11.6. The van der Waals surface area contributed by atoms with E-state index in [0.29, 0.717) is 24.4 Å². The van der Waals surface area contributed by atoms with Gasteiger partial charge in [0, 0.05) is 6.04 Å². The molecule has 1 aromatic heterocycles. The zero-order chi connectivity index (χ0) is 13.1. The smallest absolute Gasteiger partial charge is 0.321 e. The third kappa shape index (κ3) is 3.42. The Labute approximate surface area is 116 Å². The first-order valence-corrected chi connectivity index (χ1v) is 7.07. The van der Waals surface area contributed by atoms with Crippen LogP contribution in [0.5, 0.6) is 0 Å². The highest BCUT2D eigenvalue weighted by Gasteiger charge is 2.30. The second-order valence-corrected chi connectivity index (χ2v) is 6.52. The first kappa shape index (κ1) is 13.3. The van der Waals surface area contributed by atoms with Gasteiger partial charge in [-0.05, 0) is 35.2 Å². The van der Waals surface area contributed by atoms with Gasteiger partial charge in [0.25, 0.3) is 0 Å².